The van der Waals surface area contributed by atoms with Crippen LogP contribution in [0.5, 0.6) is 0 Å². The number of rotatable bonds is 3. The first kappa shape index (κ1) is 16.5. The summed E-state index contributed by atoms with van der Waals surface area (Å²) in [4.78, 5) is 18.5. The van der Waals surface area contributed by atoms with Crippen LogP contribution in [0, 0.1) is 6.92 Å². The Bertz CT molecular complexity index is 686. The maximum atomic E-state index is 12.3. The Balaban J connectivity index is 1.57. The fourth-order valence-corrected chi connectivity index (χ4v) is 2.84. The molecule has 1 aliphatic heterocycles. The number of aromatic nitrogens is 1. The summed E-state index contributed by atoms with van der Waals surface area (Å²) in [7, 11) is 0. The van der Waals surface area contributed by atoms with Gasteiger partial charge < -0.3 is 19.4 Å². The molecule has 2 heterocycles. The van der Waals surface area contributed by atoms with Crippen molar-refractivity contribution in [1.82, 2.24) is 15.2 Å². The standard InChI is InChI=1S/C18H23N3O3/c1-12-4-6-15(7-5-12)17-20-16(11-23-17)8-19-18(22)21-9-13(2)24-14(3)10-21/h4-7,11,13-14H,8-10H2,1-3H3,(H,19,22)/t13-,14-/m0/s1. The topological polar surface area (TPSA) is 67.6 Å². The molecular formula is C18H23N3O3. The van der Waals surface area contributed by atoms with Gasteiger partial charge in [-0.25, -0.2) is 9.78 Å². The van der Waals surface area contributed by atoms with Crippen molar-refractivity contribution in [1.29, 1.82) is 0 Å². The quantitative estimate of drug-likeness (QED) is 0.940. The van der Waals surface area contributed by atoms with Crippen molar-refractivity contribution < 1.29 is 13.9 Å². The smallest absolute Gasteiger partial charge is 0.317 e. The van der Waals surface area contributed by atoms with Gasteiger partial charge in [0.1, 0.15) is 6.26 Å². The first-order valence-electron chi connectivity index (χ1n) is 8.21. The molecular weight excluding hydrogens is 306 g/mol. The molecule has 0 radical (unpaired) electrons. The van der Waals surface area contributed by atoms with E-state index >= 15 is 0 Å². The van der Waals surface area contributed by atoms with Gasteiger partial charge >= 0.3 is 6.03 Å². The van der Waals surface area contributed by atoms with Crippen molar-refractivity contribution in [2.24, 2.45) is 0 Å². The monoisotopic (exact) mass is 329 g/mol. The van der Waals surface area contributed by atoms with E-state index in [0.717, 1.165) is 5.56 Å². The van der Waals surface area contributed by atoms with Gasteiger partial charge in [0.25, 0.3) is 0 Å². The van der Waals surface area contributed by atoms with E-state index < -0.39 is 0 Å². The van der Waals surface area contributed by atoms with Gasteiger partial charge in [0, 0.05) is 18.7 Å². The van der Waals surface area contributed by atoms with Crippen LogP contribution in [-0.4, -0.2) is 41.2 Å². The first-order chi connectivity index (χ1) is 11.5. The highest BCUT2D eigenvalue weighted by Gasteiger charge is 2.25. The van der Waals surface area contributed by atoms with Crippen LogP contribution in [0.3, 0.4) is 0 Å². The van der Waals surface area contributed by atoms with Crippen LogP contribution in [-0.2, 0) is 11.3 Å². The third kappa shape index (κ3) is 3.94. The van der Waals surface area contributed by atoms with E-state index in [9.17, 15) is 4.79 Å². The number of carbonyl (C=O) groups excluding carboxylic acids is 1. The highest BCUT2D eigenvalue weighted by atomic mass is 16.5. The van der Waals surface area contributed by atoms with E-state index in [1.165, 1.54) is 5.56 Å². The summed E-state index contributed by atoms with van der Waals surface area (Å²) in [6, 6.07) is 7.88. The number of carbonyl (C=O) groups is 1. The second-order valence-electron chi connectivity index (χ2n) is 6.33. The van der Waals surface area contributed by atoms with E-state index in [-0.39, 0.29) is 18.2 Å². The average Bonchev–Trinajstić information content (AvgIpc) is 3.01. The number of hydrogen-bond acceptors (Lipinski definition) is 4. The maximum absolute atomic E-state index is 12.3. The van der Waals surface area contributed by atoms with E-state index in [4.69, 9.17) is 9.15 Å². The minimum Gasteiger partial charge on any atom is -0.444 e. The number of oxazole rings is 1. The molecule has 0 bridgehead atoms. The average molecular weight is 329 g/mol. The fraction of sp³-hybridized carbons (Fsp3) is 0.444. The zero-order valence-electron chi connectivity index (χ0n) is 14.3. The van der Waals surface area contributed by atoms with E-state index in [2.05, 4.69) is 10.3 Å². The van der Waals surface area contributed by atoms with E-state index in [0.29, 0.717) is 31.2 Å². The third-order valence-corrected chi connectivity index (χ3v) is 3.98. The molecule has 3 rings (SSSR count). The van der Waals surface area contributed by atoms with Crippen molar-refractivity contribution in [2.45, 2.75) is 39.5 Å². The molecule has 1 saturated heterocycles. The van der Waals surface area contributed by atoms with Crippen LogP contribution in [0.4, 0.5) is 4.79 Å². The summed E-state index contributed by atoms with van der Waals surface area (Å²) in [5.74, 6) is 0.563. The molecule has 0 unspecified atom stereocenters. The lowest BCUT2D eigenvalue weighted by atomic mass is 10.1. The molecule has 128 valence electrons. The van der Waals surface area contributed by atoms with Crippen LogP contribution in [0.2, 0.25) is 0 Å². The highest BCUT2D eigenvalue weighted by Crippen LogP contribution is 2.19. The molecule has 2 aromatic rings. The lowest BCUT2D eigenvalue weighted by Crippen LogP contribution is -2.51. The zero-order valence-corrected chi connectivity index (χ0v) is 14.3. The predicted molar refractivity (Wildman–Crippen MR) is 90.5 cm³/mol. The molecule has 0 saturated carbocycles. The first-order valence-corrected chi connectivity index (χ1v) is 8.21. The number of morpholine rings is 1. The number of aryl methyl sites for hydroxylation is 1. The van der Waals surface area contributed by atoms with Crippen molar-refractivity contribution in [3.63, 3.8) is 0 Å². The van der Waals surface area contributed by atoms with Gasteiger partial charge in [0.05, 0.1) is 24.4 Å². The Hall–Kier alpha value is -2.34. The predicted octanol–water partition coefficient (Wildman–Crippen LogP) is 2.97. The normalized spacial score (nSPS) is 20.9. The van der Waals surface area contributed by atoms with Gasteiger partial charge in [-0.15, -0.1) is 0 Å². The summed E-state index contributed by atoms with van der Waals surface area (Å²) < 4.78 is 11.1. The number of benzene rings is 1. The van der Waals surface area contributed by atoms with Crippen LogP contribution >= 0.6 is 0 Å². The summed E-state index contributed by atoms with van der Waals surface area (Å²) in [5, 5.41) is 2.89. The van der Waals surface area contributed by atoms with Crippen molar-refractivity contribution in [3.8, 4) is 11.5 Å². The largest absolute Gasteiger partial charge is 0.444 e. The van der Waals surface area contributed by atoms with Crippen LogP contribution in [0.15, 0.2) is 34.9 Å². The molecule has 0 spiro atoms. The van der Waals surface area contributed by atoms with Gasteiger partial charge in [0.2, 0.25) is 5.89 Å². The molecule has 1 N–H and O–H groups in total. The number of nitrogens with one attached hydrogen (secondary N) is 1. The molecule has 1 fully saturated rings. The lowest BCUT2D eigenvalue weighted by molar-refractivity contribution is -0.0545. The molecule has 6 nitrogen and oxygen atoms in total. The molecule has 2 atom stereocenters. The minimum atomic E-state index is -0.100. The van der Waals surface area contributed by atoms with Crippen LogP contribution in [0.1, 0.15) is 25.1 Å². The van der Waals surface area contributed by atoms with Crippen molar-refractivity contribution >= 4 is 6.03 Å². The molecule has 0 aliphatic carbocycles. The van der Waals surface area contributed by atoms with E-state index in [1.807, 2.05) is 45.0 Å². The number of urea groups is 1. The van der Waals surface area contributed by atoms with Gasteiger partial charge in [-0.05, 0) is 32.9 Å². The fourth-order valence-electron chi connectivity index (χ4n) is 2.84. The molecule has 24 heavy (non-hydrogen) atoms. The molecule has 1 aromatic carbocycles. The van der Waals surface area contributed by atoms with Crippen LogP contribution < -0.4 is 5.32 Å². The molecule has 6 heteroatoms. The lowest BCUT2D eigenvalue weighted by Gasteiger charge is -2.35. The second kappa shape index (κ2) is 7.05. The summed E-state index contributed by atoms with van der Waals surface area (Å²) >= 11 is 0. The van der Waals surface area contributed by atoms with E-state index in [1.54, 1.807) is 11.2 Å². The minimum absolute atomic E-state index is 0.0553. The zero-order chi connectivity index (χ0) is 17.1. The Kier molecular flexibility index (Phi) is 4.85. The Morgan fingerprint density at radius 3 is 2.58 bits per heavy atom. The van der Waals surface area contributed by atoms with Gasteiger partial charge in [-0.2, -0.15) is 0 Å². The van der Waals surface area contributed by atoms with Crippen LogP contribution in [0.25, 0.3) is 11.5 Å². The number of ether oxygens (including phenoxy) is 1. The highest BCUT2D eigenvalue weighted by molar-refractivity contribution is 5.74. The summed E-state index contributed by atoms with van der Waals surface area (Å²) in [6.07, 6.45) is 1.69. The summed E-state index contributed by atoms with van der Waals surface area (Å²) in [6.45, 7) is 7.53. The summed E-state index contributed by atoms with van der Waals surface area (Å²) in [5.41, 5.74) is 2.81. The number of nitrogens with zero attached hydrogens (tertiary/aromatic N) is 2. The Labute approximate surface area is 141 Å². The molecule has 2 amide bonds. The SMILES string of the molecule is Cc1ccc(-c2nc(CNC(=O)N3C[C@H](C)O[C@@H](C)C3)co2)cc1. The Morgan fingerprint density at radius 1 is 1.25 bits per heavy atom. The van der Waals surface area contributed by atoms with Gasteiger partial charge in [0.15, 0.2) is 0 Å². The second-order valence-corrected chi connectivity index (χ2v) is 6.33. The molecule has 1 aromatic heterocycles. The number of hydrogen-bond donors (Lipinski definition) is 1. The van der Waals surface area contributed by atoms with Gasteiger partial charge in [-0.1, -0.05) is 17.7 Å². The van der Waals surface area contributed by atoms with Gasteiger partial charge in [-0.3, -0.25) is 0 Å². The van der Waals surface area contributed by atoms with Crippen molar-refractivity contribution in [2.75, 3.05) is 13.1 Å². The third-order valence-electron chi connectivity index (χ3n) is 3.98. The molecule has 1 aliphatic rings. The number of amides is 2. The Morgan fingerprint density at radius 2 is 1.92 bits per heavy atom. The van der Waals surface area contributed by atoms with Crippen molar-refractivity contribution in [3.05, 3.63) is 41.8 Å². The maximum Gasteiger partial charge on any atom is 0.317 e.